The van der Waals surface area contributed by atoms with Gasteiger partial charge in [0.25, 0.3) is 5.91 Å². The summed E-state index contributed by atoms with van der Waals surface area (Å²) in [6.45, 7) is 3.89. The fourth-order valence-corrected chi connectivity index (χ4v) is 3.35. The molecule has 134 valence electrons. The number of aliphatic imine (C=N–C) groups is 1. The fraction of sp³-hybridized carbons (Fsp3) is 0.250. The molecule has 6 heteroatoms. The van der Waals surface area contributed by atoms with Crippen molar-refractivity contribution in [2.75, 3.05) is 5.88 Å². The van der Waals surface area contributed by atoms with Crippen molar-refractivity contribution < 1.29 is 4.79 Å². The summed E-state index contributed by atoms with van der Waals surface area (Å²) in [6.07, 6.45) is 5.75. The van der Waals surface area contributed by atoms with Gasteiger partial charge in [-0.3, -0.25) is 9.79 Å². The average Bonchev–Trinajstić information content (AvgIpc) is 3.24. The van der Waals surface area contributed by atoms with Crippen LogP contribution in [0.2, 0.25) is 0 Å². The van der Waals surface area contributed by atoms with Crippen molar-refractivity contribution in [3.63, 3.8) is 0 Å². The Morgan fingerprint density at radius 2 is 2.08 bits per heavy atom. The molecule has 0 spiro atoms. The van der Waals surface area contributed by atoms with Crippen LogP contribution in [-0.2, 0) is 4.79 Å². The first-order valence-electron chi connectivity index (χ1n) is 8.44. The maximum Gasteiger partial charge on any atom is 0.270 e. The van der Waals surface area contributed by atoms with E-state index in [1.165, 1.54) is 0 Å². The van der Waals surface area contributed by atoms with E-state index in [1.54, 1.807) is 0 Å². The van der Waals surface area contributed by atoms with E-state index in [9.17, 15) is 4.79 Å². The van der Waals surface area contributed by atoms with Crippen LogP contribution in [0.4, 0.5) is 0 Å². The van der Waals surface area contributed by atoms with Crippen molar-refractivity contribution in [3.8, 4) is 0 Å². The molecule has 3 N–H and O–H groups in total. The second kappa shape index (κ2) is 7.70. The van der Waals surface area contributed by atoms with Crippen LogP contribution in [0.1, 0.15) is 19.4 Å². The summed E-state index contributed by atoms with van der Waals surface area (Å²) in [5, 5.41) is 4.22. The predicted octanol–water partition coefficient (Wildman–Crippen LogP) is 3.14. The number of rotatable bonds is 5. The second-order valence-corrected chi connectivity index (χ2v) is 6.59. The number of amides is 1. The monoisotopic (exact) mass is 368 g/mol. The van der Waals surface area contributed by atoms with Gasteiger partial charge in [-0.1, -0.05) is 43.3 Å². The Morgan fingerprint density at radius 1 is 1.35 bits per heavy atom. The van der Waals surface area contributed by atoms with Crippen LogP contribution in [-0.4, -0.2) is 23.7 Å². The van der Waals surface area contributed by atoms with E-state index in [0.717, 1.165) is 16.8 Å². The molecule has 1 heterocycles. The maximum atomic E-state index is 12.8. The van der Waals surface area contributed by atoms with Gasteiger partial charge < -0.3 is 5.73 Å². The lowest BCUT2D eigenvalue weighted by molar-refractivity contribution is -0.117. The van der Waals surface area contributed by atoms with Gasteiger partial charge in [-0.25, -0.2) is 5.43 Å². The lowest BCUT2D eigenvalue weighted by Crippen LogP contribution is -2.29. The number of nitrogens with two attached hydrogens (primary N) is 1. The van der Waals surface area contributed by atoms with Crippen LogP contribution in [0.25, 0.3) is 0 Å². The number of alkyl halides is 1. The van der Waals surface area contributed by atoms with Crippen molar-refractivity contribution in [2.45, 2.75) is 13.8 Å². The molecule has 1 unspecified atom stereocenters. The predicted molar refractivity (Wildman–Crippen MR) is 106 cm³/mol. The smallest absolute Gasteiger partial charge is 0.270 e. The van der Waals surface area contributed by atoms with E-state index >= 15 is 0 Å². The van der Waals surface area contributed by atoms with Crippen molar-refractivity contribution in [2.24, 2.45) is 27.7 Å². The summed E-state index contributed by atoms with van der Waals surface area (Å²) < 4.78 is 0. The minimum absolute atomic E-state index is 0.0757. The van der Waals surface area contributed by atoms with Crippen LogP contribution in [0, 0.1) is 11.8 Å². The molecule has 2 aliphatic rings. The van der Waals surface area contributed by atoms with Crippen LogP contribution in [0.3, 0.4) is 0 Å². The van der Waals surface area contributed by atoms with E-state index in [2.05, 4.69) is 22.4 Å². The summed E-state index contributed by atoms with van der Waals surface area (Å²) in [5.74, 6) is -0.341. The van der Waals surface area contributed by atoms with Crippen LogP contribution < -0.4 is 11.2 Å². The fourth-order valence-electron chi connectivity index (χ4n) is 3.20. The molecule has 26 heavy (non-hydrogen) atoms. The number of hydrazone groups is 1. The highest BCUT2D eigenvalue weighted by Gasteiger charge is 2.34. The van der Waals surface area contributed by atoms with Crippen molar-refractivity contribution in [1.82, 2.24) is 5.43 Å². The van der Waals surface area contributed by atoms with E-state index in [0.29, 0.717) is 17.0 Å². The largest absolute Gasteiger partial charge is 0.401 e. The Hall–Kier alpha value is -2.66. The maximum absolute atomic E-state index is 12.8. The molecule has 1 aliphatic heterocycles. The summed E-state index contributed by atoms with van der Waals surface area (Å²) in [5.41, 5.74) is 13.1. The summed E-state index contributed by atoms with van der Waals surface area (Å²) in [6, 6.07) is 9.64. The number of nitrogens with one attached hydrogen (secondary N) is 1. The third-order valence-electron chi connectivity index (χ3n) is 4.57. The normalized spacial score (nSPS) is 22.5. The number of benzene rings is 1. The van der Waals surface area contributed by atoms with Gasteiger partial charge in [-0.2, -0.15) is 5.10 Å². The molecule has 3 rings (SSSR count). The summed E-state index contributed by atoms with van der Waals surface area (Å²) in [7, 11) is 0. The Bertz CT molecular complexity index is 865. The highest BCUT2D eigenvalue weighted by Crippen LogP contribution is 2.39. The molecule has 1 aromatic rings. The number of allylic oxidation sites excluding steroid dienone is 4. The SMILES string of the molecule is C/C(=N\NC(=O)/C(=C(\N)CCl)[C@@H]1C=CC2=C1C(C)C=N2)c1ccccc1. The van der Waals surface area contributed by atoms with Gasteiger partial charge in [0.1, 0.15) is 0 Å². The average molecular weight is 369 g/mol. The Labute approximate surface area is 158 Å². The lowest BCUT2D eigenvalue weighted by Gasteiger charge is -2.20. The molecule has 1 amide bonds. The zero-order valence-electron chi connectivity index (χ0n) is 14.7. The Balaban J connectivity index is 1.84. The molecule has 2 atom stereocenters. The molecule has 1 aromatic carbocycles. The molecule has 0 saturated carbocycles. The van der Waals surface area contributed by atoms with Crippen molar-refractivity contribution in [1.29, 1.82) is 0 Å². The van der Waals surface area contributed by atoms with Gasteiger partial charge in [0.15, 0.2) is 0 Å². The third kappa shape index (κ3) is 3.48. The minimum Gasteiger partial charge on any atom is -0.401 e. The van der Waals surface area contributed by atoms with Crippen molar-refractivity contribution >= 4 is 29.4 Å². The van der Waals surface area contributed by atoms with Crippen LogP contribution >= 0.6 is 11.6 Å². The molecular formula is C20H21ClN4O. The Kier molecular flexibility index (Phi) is 5.38. The number of carbonyl (C=O) groups excluding carboxylic acids is 1. The summed E-state index contributed by atoms with van der Waals surface area (Å²) in [4.78, 5) is 17.2. The number of nitrogens with zero attached hydrogens (tertiary/aromatic N) is 2. The standard InChI is InChI=1S/C20H21ClN4O/c1-12-11-23-17-9-8-15(18(12)17)19(16(22)10-21)20(26)25-24-13(2)14-6-4-3-5-7-14/h3-9,11-12,15H,10,22H2,1-2H3,(H,25,26)/b19-16-,24-13+/t12?,15-/m1/s1. The zero-order valence-corrected chi connectivity index (χ0v) is 15.5. The molecule has 0 radical (unpaired) electrons. The highest BCUT2D eigenvalue weighted by atomic mass is 35.5. The number of hydrogen-bond donors (Lipinski definition) is 2. The molecule has 0 aromatic heterocycles. The van der Waals surface area contributed by atoms with E-state index < -0.39 is 0 Å². The second-order valence-electron chi connectivity index (χ2n) is 6.32. The lowest BCUT2D eigenvalue weighted by atomic mass is 9.86. The number of halogens is 1. The van der Waals surface area contributed by atoms with Crippen LogP contribution in [0.15, 0.2) is 75.1 Å². The number of hydrogen-bond acceptors (Lipinski definition) is 4. The first-order chi connectivity index (χ1) is 12.5. The summed E-state index contributed by atoms with van der Waals surface area (Å²) >= 11 is 5.94. The third-order valence-corrected chi connectivity index (χ3v) is 4.86. The number of carbonyl (C=O) groups is 1. The van der Waals surface area contributed by atoms with Gasteiger partial charge in [-0.15, -0.1) is 11.6 Å². The first-order valence-corrected chi connectivity index (χ1v) is 8.97. The first kappa shape index (κ1) is 18.1. The van der Waals surface area contributed by atoms with Gasteiger partial charge in [-0.05, 0) is 24.1 Å². The molecule has 0 fully saturated rings. The zero-order chi connectivity index (χ0) is 18.7. The highest BCUT2D eigenvalue weighted by molar-refractivity contribution is 6.20. The molecule has 1 aliphatic carbocycles. The molecule has 5 nitrogen and oxygen atoms in total. The van der Waals surface area contributed by atoms with Crippen molar-refractivity contribution in [3.05, 3.63) is 70.6 Å². The van der Waals surface area contributed by atoms with Crippen LogP contribution in [0.5, 0.6) is 0 Å². The topological polar surface area (TPSA) is 79.8 Å². The van der Waals surface area contributed by atoms with E-state index in [4.69, 9.17) is 17.3 Å². The van der Waals surface area contributed by atoms with Gasteiger partial charge in [0, 0.05) is 29.3 Å². The van der Waals surface area contributed by atoms with E-state index in [-0.39, 0.29) is 23.6 Å². The molecule has 0 saturated heterocycles. The molecular weight excluding hydrogens is 348 g/mol. The van der Waals surface area contributed by atoms with E-state index in [1.807, 2.05) is 55.6 Å². The van der Waals surface area contributed by atoms with Gasteiger partial charge in [0.05, 0.1) is 17.3 Å². The minimum atomic E-state index is -0.346. The van der Waals surface area contributed by atoms with Gasteiger partial charge >= 0.3 is 0 Å². The van der Waals surface area contributed by atoms with Gasteiger partial charge in [0.2, 0.25) is 0 Å². The quantitative estimate of drug-likeness (QED) is 0.362. The Morgan fingerprint density at radius 3 is 2.77 bits per heavy atom. The molecule has 0 bridgehead atoms.